The highest BCUT2D eigenvalue weighted by atomic mass is 16.5. The number of ether oxygens (including phenoxy) is 1. The molecular weight excluding hydrogens is 292 g/mol. The van der Waals surface area contributed by atoms with Crippen molar-refractivity contribution < 1.29 is 9.84 Å². The molecule has 0 fully saturated rings. The van der Waals surface area contributed by atoms with Crippen LogP contribution in [0.15, 0.2) is 23.2 Å². The van der Waals surface area contributed by atoms with E-state index in [2.05, 4.69) is 16.4 Å². The van der Waals surface area contributed by atoms with Crippen molar-refractivity contribution in [1.82, 2.24) is 5.32 Å². The summed E-state index contributed by atoms with van der Waals surface area (Å²) in [7, 11) is 0. The summed E-state index contributed by atoms with van der Waals surface area (Å²) in [5.41, 5.74) is 0.289. The molecule has 2 N–H and O–H groups in total. The Labute approximate surface area is 136 Å². The zero-order chi connectivity index (χ0) is 17.2. The summed E-state index contributed by atoms with van der Waals surface area (Å²) in [5.74, 6) is 1.08. The fourth-order valence-electron chi connectivity index (χ4n) is 2.51. The third-order valence-electron chi connectivity index (χ3n) is 3.85. The largest absolute Gasteiger partial charge is 0.485 e. The Balaban J connectivity index is 2.59. The zero-order valence-corrected chi connectivity index (χ0v) is 13.7. The maximum Gasteiger partial charge on any atom is 0.182 e. The van der Waals surface area contributed by atoms with Crippen molar-refractivity contribution in [3.05, 3.63) is 29.3 Å². The van der Waals surface area contributed by atoms with Gasteiger partial charge >= 0.3 is 0 Å². The minimum absolute atomic E-state index is 0.00425. The number of rotatable bonds is 2. The lowest BCUT2D eigenvalue weighted by atomic mass is 9.86. The van der Waals surface area contributed by atoms with Crippen molar-refractivity contribution in [1.29, 1.82) is 10.5 Å². The third kappa shape index (κ3) is 3.28. The standard InChI is InChI=1S/C17H20N4O2/c1-10(2)16(20-9-19)21-14-12-7-11(8-18)5-6-13(12)23-17(3,4)15(14)22/h5-7,10,14-15,22H,1-4H3,(H,20,21)/t14-,15+/m0/s1. The van der Waals surface area contributed by atoms with Crippen molar-refractivity contribution in [3.63, 3.8) is 0 Å². The van der Waals surface area contributed by atoms with E-state index in [1.807, 2.05) is 20.0 Å². The SMILES string of the molecule is CC(C)C(=N[C@H]1c2cc(C#N)ccc2OC(C)(C)[C@@H]1O)NC#N. The summed E-state index contributed by atoms with van der Waals surface area (Å²) in [6, 6.07) is 6.53. The van der Waals surface area contributed by atoms with Crippen LogP contribution in [0.1, 0.15) is 44.9 Å². The van der Waals surface area contributed by atoms with Gasteiger partial charge in [0.15, 0.2) is 6.19 Å². The summed E-state index contributed by atoms with van der Waals surface area (Å²) < 4.78 is 5.85. The quantitative estimate of drug-likeness (QED) is 0.377. The number of nitrogens with one attached hydrogen (secondary N) is 1. The molecule has 6 nitrogen and oxygen atoms in total. The van der Waals surface area contributed by atoms with Crippen molar-refractivity contribution in [3.8, 4) is 18.0 Å². The van der Waals surface area contributed by atoms with E-state index >= 15 is 0 Å². The van der Waals surface area contributed by atoms with Gasteiger partial charge in [-0.1, -0.05) is 13.8 Å². The predicted molar refractivity (Wildman–Crippen MR) is 85.6 cm³/mol. The van der Waals surface area contributed by atoms with Crippen molar-refractivity contribution >= 4 is 5.84 Å². The average molecular weight is 312 g/mol. The van der Waals surface area contributed by atoms with Crippen molar-refractivity contribution in [2.75, 3.05) is 0 Å². The summed E-state index contributed by atoms with van der Waals surface area (Å²) >= 11 is 0. The number of aliphatic hydroxyl groups is 1. The molecule has 0 aromatic heterocycles. The molecule has 0 unspecified atom stereocenters. The molecule has 0 saturated carbocycles. The average Bonchev–Trinajstić information content (AvgIpc) is 2.50. The van der Waals surface area contributed by atoms with Crippen LogP contribution in [0.5, 0.6) is 5.75 Å². The molecule has 0 aliphatic carbocycles. The Morgan fingerprint density at radius 1 is 1.39 bits per heavy atom. The van der Waals surface area contributed by atoms with Crippen LogP contribution >= 0.6 is 0 Å². The zero-order valence-electron chi connectivity index (χ0n) is 13.7. The Morgan fingerprint density at radius 3 is 2.65 bits per heavy atom. The van der Waals surface area contributed by atoms with Gasteiger partial charge < -0.3 is 9.84 Å². The van der Waals surface area contributed by atoms with Crippen LogP contribution in [0.25, 0.3) is 0 Å². The van der Waals surface area contributed by atoms with Gasteiger partial charge in [0.05, 0.1) is 11.6 Å². The minimum Gasteiger partial charge on any atom is -0.485 e. The Morgan fingerprint density at radius 2 is 2.09 bits per heavy atom. The normalized spacial score (nSPS) is 22.5. The van der Waals surface area contributed by atoms with Crippen LogP contribution in [0.3, 0.4) is 0 Å². The molecular formula is C17H20N4O2. The van der Waals surface area contributed by atoms with E-state index in [0.717, 1.165) is 0 Å². The predicted octanol–water partition coefficient (Wildman–Crippen LogP) is 2.26. The molecule has 0 amide bonds. The monoisotopic (exact) mass is 312 g/mol. The van der Waals surface area contributed by atoms with Gasteiger partial charge in [-0.15, -0.1) is 0 Å². The van der Waals surface area contributed by atoms with Gasteiger partial charge in [-0.2, -0.15) is 10.5 Å². The van der Waals surface area contributed by atoms with Gasteiger partial charge in [0.25, 0.3) is 0 Å². The van der Waals surface area contributed by atoms with Crippen molar-refractivity contribution in [2.24, 2.45) is 10.9 Å². The number of benzene rings is 1. The molecule has 2 rings (SSSR count). The lowest BCUT2D eigenvalue weighted by molar-refractivity contribution is -0.0567. The maximum atomic E-state index is 10.7. The molecule has 0 radical (unpaired) electrons. The summed E-state index contributed by atoms with van der Waals surface area (Å²) in [6.45, 7) is 7.39. The molecule has 2 atom stereocenters. The Bertz CT molecular complexity index is 710. The topological polar surface area (TPSA) is 101 Å². The molecule has 1 heterocycles. The molecule has 1 aliphatic rings. The van der Waals surface area contributed by atoms with E-state index in [-0.39, 0.29) is 5.92 Å². The van der Waals surface area contributed by atoms with E-state index in [9.17, 15) is 5.11 Å². The Kier molecular flexibility index (Phi) is 4.58. The van der Waals surface area contributed by atoms with Crippen LogP contribution in [0, 0.1) is 28.7 Å². The highest BCUT2D eigenvalue weighted by Crippen LogP contribution is 2.42. The second kappa shape index (κ2) is 6.28. The van der Waals surface area contributed by atoms with Gasteiger partial charge in [-0.25, -0.2) is 0 Å². The molecule has 1 aromatic rings. The van der Waals surface area contributed by atoms with Crippen molar-refractivity contribution in [2.45, 2.75) is 45.4 Å². The highest BCUT2D eigenvalue weighted by Gasteiger charge is 2.43. The number of nitrogens with zero attached hydrogens (tertiary/aromatic N) is 3. The van der Waals surface area contributed by atoms with Crippen LogP contribution in [-0.2, 0) is 0 Å². The second-order valence-corrected chi connectivity index (χ2v) is 6.37. The lowest BCUT2D eigenvalue weighted by Crippen LogP contribution is -2.48. The van der Waals surface area contributed by atoms with Gasteiger partial charge in [0.2, 0.25) is 0 Å². The Hall–Kier alpha value is -2.57. The number of nitriles is 2. The van der Waals surface area contributed by atoms with E-state index in [0.29, 0.717) is 22.7 Å². The first-order valence-electron chi connectivity index (χ1n) is 7.44. The van der Waals surface area contributed by atoms with Gasteiger partial charge in [-0.3, -0.25) is 10.3 Å². The minimum atomic E-state index is -0.904. The maximum absolute atomic E-state index is 10.7. The number of hydrogen-bond donors (Lipinski definition) is 2. The van der Waals surface area contributed by atoms with Crippen LogP contribution in [-0.4, -0.2) is 22.6 Å². The highest BCUT2D eigenvalue weighted by molar-refractivity contribution is 5.85. The molecule has 1 aliphatic heterocycles. The molecule has 0 bridgehead atoms. The molecule has 120 valence electrons. The molecule has 0 spiro atoms. The van der Waals surface area contributed by atoms with E-state index < -0.39 is 17.7 Å². The molecule has 0 saturated heterocycles. The van der Waals surface area contributed by atoms with Crippen LogP contribution < -0.4 is 10.1 Å². The van der Waals surface area contributed by atoms with E-state index in [1.165, 1.54) is 0 Å². The fourth-order valence-corrected chi connectivity index (χ4v) is 2.51. The third-order valence-corrected chi connectivity index (χ3v) is 3.85. The number of fused-ring (bicyclic) bond motifs is 1. The number of aliphatic imine (C=N–C) groups is 1. The second-order valence-electron chi connectivity index (χ2n) is 6.37. The fraction of sp³-hybridized carbons (Fsp3) is 0.471. The number of hydrogen-bond acceptors (Lipinski definition) is 5. The molecule has 23 heavy (non-hydrogen) atoms. The summed E-state index contributed by atoms with van der Waals surface area (Å²) in [5, 5.41) is 31.2. The van der Waals surface area contributed by atoms with Crippen LogP contribution in [0.4, 0.5) is 0 Å². The first-order valence-corrected chi connectivity index (χ1v) is 7.44. The molecule has 6 heteroatoms. The van der Waals surface area contributed by atoms with Crippen LogP contribution in [0.2, 0.25) is 0 Å². The van der Waals surface area contributed by atoms with Gasteiger partial charge in [0.1, 0.15) is 29.3 Å². The first-order chi connectivity index (χ1) is 10.8. The van der Waals surface area contributed by atoms with Gasteiger partial charge in [-0.05, 0) is 32.0 Å². The summed E-state index contributed by atoms with van der Waals surface area (Å²) in [4.78, 5) is 4.56. The number of amidine groups is 1. The summed E-state index contributed by atoms with van der Waals surface area (Å²) in [6.07, 6.45) is 0.970. The smallest absolute Gasteiger partial charge is 0.182 e. The lowest BCUT2D eigenvalue weighted by Gasteiger charge is -2.40. The van der Waals surface area contributed by atoms with E-state index in [4.69, 9.17) is 15.3 Å². The first kappa shape index (κ1) is 16.8. The number of aliphatic hydroxyl groups excluding tert-OH is 1. The molecule has 1 aromatic carbocycles. The van der Waals surface area contributed by atoms with E-state index in [1.54, 1.807) is 32.0 Å². The van der Waals surface area contributed by atoms with Gasteiger partial charge in [0, 0.05) is 11.5 Å².